The Kier molecular flexibility index (Phi) is 7.37. The van der Waals surface area contributed by atoms with Gasteiger partial charge in [-0.3, -0.25) is 19.4 Å². The fourth-order valence-electron chi connectivity index (χ4n) is 5.33. The predicted octanol–water partition coefficient (Wildman–Crippen LogP) is 2.50. The number of hydrogen-bond acceptors (Lipinski definition) is 6. The fraction of sp³-hybridized carbons (Fsp3) is 0.560. The molecule has 2 fully saturated rings. The van der Waals surface area contributed by atoms with Crippen molar-refractivity contribution in [3.05, 3.63) is 36.4 Å². The summed E-state index contributed by atoms with van der Waals surface area (Å²) in [4.78, 5) is 50.9. The molecule has 0 spiro atoms. The van der Waals surface area contributed by atoms with E-state index in [4.69, 9.17) is 5.73 Å². The summed E-state index contributed by atoms with van der Waals surface area (Å²) in [5, 5.41) is 3.08. The number of aryl methyl sites for hydroxylation is 1. The third-order valence-electron chi connectivity index (χ3n) is 7.32. The molecule has 1 aliphatic carbocycles. The molecule has 4 amide bonds. The summed E-state index contributed by atoms with van der Waals surface area (Å²) in [5.41, 5.74) is 6.60. The van der Waals surface area contributed by atoms with E-state index in [0.29, 0.717) is 24.0 Å². The van der Waals surface area contributed by atoms with Gasteiger partial charge in [-0.25, -0.2) is 14.8 Å². The molecule has 3 N–H and O–H groups in total. The van der Waals surface area contributed by atoms with Crippen LogP contribution in [0.1, 0.15) is 51.0 Å². The molecule has 10 heteroatoms. The molecule has 4 rings (SSSR count). The molecule has 0 radical (unpaired) electrons. The second-order valence-electron chi connectivity index (χ2n) is 9.71. The lowest BCUT2D eigenvalue weighted by Crippen LogP contribution is -2.71. The highest BCUT2D eigenvalue weighted by molar-refractivity contribution is 6.12. The summed E-state index contributed by atoms with van der Waals surface area (Å²) in [6.45, 7) is 2.05. The number of nitrogens with two attached hydrogens (primary N) is 1. The lowest BCUT2D eigenvalue weighted by molar-refractivity contribution is -0.156. The molecule has 188 valence electrons. The van der Waals surface area contributed by atoms with E-state index >= 15 is 0 Å². The quantitative estimate of drug-likeness (QED) is 0.585. The molecular formula is C25H35N7O3. The number of anilines is 2. The van der Waals surface area contributed by atoms with Gasteiger partial charge in [0.15, 0.2) is 5.82 Å². The standard InChI is InChI=1S/C25H35N7O3/c1-4-19(17-8-6-5-7-9-17)29-25(35)32-22(24(34)31(3)21-14-30(2)15-28-21)18(23(32)33)12-16-10-11-27-20(26)13-16/h10-11,13-15,17-19,22H,4-9,12H2,1-3H3,(H2,26,27)(H,29,35)/t18?,19-,22+/m1/s1. The number of nitrogens with zero attached hydrogens (tertiary/aromatic N) is 5. The highest BCUT2D eigenvalue weighted by Crippen LogP contribution is 2.34. The molecule has 2 aromatic rings. The summed E-state index contributed by atoms with van der Waals surface area (Å²) in [6.07, 6.45) is 11.7. The molecule has 0 bridgehead atoms. The summed E-state index contributed by atoms with van der Waals surface area (Å²) in [6, 6.07) is 2.03. The van der Waals surface area contributed by atoms with E-state index in [-0.39, 0.29) is 17.9 Å². The smallest absolute Gasteiger partial charge is 0.325 e. The van der Waals surface area contributed by atoms with Crippen LogP contribution in [0.2, 0.25) is 0 Å². The molecule has 2 aromatic heterocycles. The second-order valence-corrected chi connectivity index (χ2v) is 9.71. The number of likely N-dealkylation sites (N-methyl/N-ethyl adjacent to an activating group) is 1. The van der Waals surface area contributed by atoms with E-state index in [1.807, 2.05) is 14.0 Å². The van der Waals surface area contributed by atoms with E-state index in [9.17, 15) is 14.4 Å². The van der Waals surface area contributed by atoms with Crippen molar-refractivity contribution >= 4 is 29.5 Å². The number of nitrogens with one attached hydrogen (secondary N) is 1. The largest absolute Gasteiger partial charge is 0.384 e. The number of imide groups is 1. The maximum absolute atomic E-state index is 13.6. The van der Waals surface area contributed by atoms with Crippen molar-refractivity contribution in [2.75, 3.05) is 17.7 Å². The number of urea groups is 1. The van der Waals surface area contributed by atoms with Crippen LogP contribution in [0.4, 0.5) is 16.4 Å². The number of carbonyl (C=O) groups is 3. The first-order valence-electron chi connectivity index (χ1n) is 12.4. The van der Waals surface area contributed by atoms with Crippen LogP contribution in [0.5, 0.6) is 0 Å². The summed E-state index contributed by atoms with van der Waals surface area (Å²) < 4.78 is 1.74. The summed E-state index contributed by atoms with van der Waals surface area (Å²) in [5.74, 6) is -0.181. The molecule has 2 aliphatic rings. The van der Waals surface area contributed by atoms with E-state index < -0.39 is 18.0 Å². The van der Waals surface area contributed by atoms with Crippen LogP contribution in [0.15, 0.2) is 30.9 Å². The molecular weight excluding hydrogens is 446 g/mol. The Balaban J connectivity index is 1.56. The lowest BCUT2D eigenvalue weighted by atomic mass is 9.81. The van der Waals surface area contributed by atoms with Crippen molar-refractivity contribution in [2.45, 2.75) is 64.0 Å². The Hall–Kier alpha value is -3.43. The minimum atomic E-state index is -0.923. The van der Waals surface area contributed by atoms with Gasteiger partial charge in [-0.2, -0.15) is 0 Å². The highest BCUT2D eigenvalue weighted by Gasteiger charge is 2.55. The van der Waals surface area contributed by atoms with Crippen LogP contribution in [-0.2, 0) is 23.1 Å². The number of rotatable bonds is 7. The van der Waals surface area contributed by atoms with Crippen LogP contribution in [0.25, 0.3) is 0 Å². The van der Waals surface area contributed by atoms with Crippen LogP contribution in [-0.4, -0.2) is 56.4 Å². The van der Waals surface area contributed by atoms with Gasteiger partial charge in [0.2, 0.25) is 5.91 Å². The predicted molar refractivity (Wildman–Crippen MR) is 132 cm³/mol. The van der Waals surface area contributed by atoms with Crippen LogP contribution in [0, 0.1) is 11.8 Å². The number of imidazole rings is 1. The Morgan fingerprint density at radius 2 is 2.00 bits per heavy atom. The first-order chi connectivity index (χ1) is 16.8. The minimum Gasteiger partial charge on any atom is -0.384 e. The highest BCUT2D eigenvalue weighted by atomic mass is 16.2. The average molecular weight is 482 g/mol. The molecule has 1 saturated heterocycles. The van der Waals surface area contributed by atoms with Crippen LogP contribution in [0.3, 0.4) is 0 Å². The minimum absolute atomic E-state index is 0.0149. The number of likely N-dealkylation sites (tertiary alicyclic amines) is 1. The van der Waals surface area contributed by atoms with Gasteiger partial charge in [-0.1, -0.05) is 26.2 Å². The molecule has 1 saturated carbocycles. The van der Waals surface area contributed by atoms with Crippen molar-refractivity contribution in [2.24, 2.45) is 18.9 Å². The van der Waals surface area contributed by atoms with Gasteiger partial charge >= 0.3 is 6.03 Å². The molecule has 3 heterocycles. The van der Waals surface area contributed by atoms with Crippen molar-refractivity contribution in [3.63, 3.8) is 0 Å². The SMILES string of the molecule is CC[C@@H](NC(=O)N1C(=O)C(Cc2ccnc(N)c2)[C@H]1C(=O)N(C)c1cn(C)cn1)C1CCCCC1. The molecule has 10 nitrogen and oxygen atoms in total. The van der Waals surface area contributed by atoms with Crippen LogP contribution < -0.4 is 16.0 Å². The number of pyridine rings is 1. The molecule has 3 atom stereocenters. The molecule has 1 unspecified atom stereocenters. The van der Waals surface area contributed by atoms with E-state index in [2.05, 4.69) is 15.3 Å². The van der Waals surface area contributed by atoms with Gasteiger partial charge in [0, 0.05) is 32.5 Å². The number of carbonyl (C=O) groups excluding carboxylic acids is 3. The Bertz CT molecular complexity index is 1080. The van der Waals surface area contributed by atoms with E-state index in [0.717, 1.165) is 42.6 Å². The normalized spacial score (nSPS) is 21.3. The maximum atomic E-state index is 13.6. The summed E-state index contributed by atoms with van der Waals surface area (Å²) in [7, 11) is 3.43. The molecule has 1 aliphatic heterocycles. The van der Waals surface area contributed by atoms with E-state index in [1.54, 1.807) is 42.5 Å². The lowest BCUT2D eigenvalue weighted by Gasteiger charge is -2.46. The van der Waals surface area contributed by atoms with Gasteiger partial charge in [-0.15, -0.1) is 0 Å². The third-order valence-corrected chi connectivity index (χ3v) is 7.32. The number of aromatic nitrogens is 3. The summed E-state index contributed by atoms with van der Waals surface area (Å²) >= 11 is 0. The third kappa shape index (κ3) is 5.16. The van der Waals surface area contributed by atoms with Crippen molar-refractivity contribution in [3.8, 4) is 0 Å². The van der Waals surface area contributed by atoms with Crippen LogP contribution >= 0.6 is 0 Å². The maximum Gasteiger partial charge on any atom is 0.325 e. The van der Waals surface area contributed by atoms with Crippen molar-refractivity contribution in [1.29, 1.82) is 0 Å². The van der Waals surface area contributed by atoms with Gasteiger partial charge in [-0.05, 0) is 49.3 Å². The van der Waals surface area contributed by atoms with E-state index in [1.165, 1.54) is 11.3 Å². The number of nitrogen functional groups attached to an aromatic ring is 1. The van der Waals surface area contributed by atoms with Gasteiger partial charge < -0.3 is 15.6 Å². The number of hydrogen-bond donors (Lipinski definition) is 2. The average Bonchev–Trinajstić information content (AvgIpc) is 3.29. The number of amides is 4. The topological polar surface area (TPSA) is 126 Å². The van der Waals surface area contributed by atoms with Crippen molar-refractivity contribution < 1.29 is 14.4 Å². The van der Waals surface area contributed by atoms with Crippen molar-refractivity contribution in [1.82, 2.24) is 24.8 Å². The monoisotopic (exact) mass is 481 g/mol. The van der Waals surface area contributed by atoms with Gasteiger partial charge in [0.25, 0.3) is 5.91 Å². The van der Waals surface area contributed by atoms with Gasteiger partial charge in [0.1, 0.15) is 11.9 Å². The zero-order valence-corrected chi connectivity index (χ0v) is 20.7. The molecule has 35 heavy (non-hydrogen) atoms. The fourth-order valence-corrected chi connectivity index (χ4v) is 5.33. The zero-order valence-electron chi connectivity index (χ0n) is 20.7. The first kappa shape index (κ1) is 24.7. The Morgan fingerprint density at radius 1 is 1.26 bits per heavy atom. The Labute approximate surface area is 205 Å². The number of β-lactam (4-membered cyclic amide) rings is 1. The van der Waals surface area contributed by atoms with Gasteiger partial charge in [0.05, 0.1) is 12.2 Å². The zero-order chi connectivity index (χ0) is 25.1. The first-order valence-corrected chi connectivity index (χ1v) is 12.4. The Morgan fingerprint density at radius 3 is 2.63 bits per heavy atom. The molecule has 0 aromatic carbocycles. The second kappa shape index (κ2) is 10.5.